The van der Waals surface area contributed by atoms with E-state index in [9.17, 15) is 0 Å². The van der Waals surface area contributed by atoms with Gasteiger partial charge in [0.2, 0.25) is 0 Å². The highest BCUT2D eigenvalue weighted by Crippen LogP contribution is 2.07. The van der Waals surface area contributed by atoms with E-state index >= 15 is 0 Å². The maximum atomic E-state index is 2.21. The van der Waals surface area contributed by atoms with Crippen molar-refractivity contribution < 1.29 is 0 Å². The van der Waals surface area contributed by atoms with Crippen molar-refractivity contribution in [1.82, 2.24) is 12.3 Å². The number of aryl methyl sites for hydroxylation is 1. The molecule has 0 saturated carbocycles. The molecule has 0 bridgehead atoms. The minimum absolute atomic E-state index is 0. The maximum absolute atomic E-state index is 2.21. The molecule has 0 unspecified atom stereocenters. The first-order valence-corrected chi connectivity index (χ1v) is 5.58. The lowest BCUT2D eigenvalue weighted by Crippen LogP contribution is -1.81. The third-order valence-corrected chi connectivity index (χ3v) is 1.88. The van der Waals surface area contributed by atoms with Crippen LogP contribution in [0.3, 0.4) is 0 Å². The molecule has 0 saturated heterocycles. The lowest BCUT2D eigenvalue weighted by molar-refractivity contribution is 0.922. The smallest absolute Gasteiger partial charge is 0.0260 e. The molecule has 0 aliphatic heterocycles. The summed E-state index contributed by atoms with van der Waals surface area (Å²) in [6, 6.07) is 8.76. The Bertz CT molecular complexity index is 250. The number of rotatable bonds is 3. The topological polar surface area (TPSA) is 70.0 Å². The zero-order valence-corrected chi connectivity index (χ0v) is 11.3. The van der Waals surface area contributed by atoms with Gasteiger partial charge in [-0.05, 0) is 24.5 Å². The molecule has 0 spiro atoms. The van der Waals surface area contributed by atoms with Crippen molar-refractivity contribution in [2.45, 2.75) is 40.5 Å². The van der Waals surface area contributed by atoms with E-state index < -0.39 is 0 Å². The minimum atomic E-state index is 0. The van der Waals surface area contributed by atoms with Crippen LogP contribution in [0.1, 0.15) is 45.2 Å². The summed E-state index contributed by atoms with van der Waals surface area (Å²) in [6.45, 7) is 8.25. The molecule has 0 amide bonds. The maximum Gasteiger partial charge on any atom is -0.0260 e. The van der Waals surface area contributed by atoms with E-state index in [0.29, 0.717) is 0 Å². The summed E-state index contributed by atoms with van der Waals surface area (Å²) in [5, 5.41) is 0. The first-order valence-electron chi connectivity index (χ1n) is 5.58. The molecule has 0 aromatic heterocycles. The van der Waals surface area contributed by atoms with Crippen LogP contribution in [0.2, 0.25) is 0 Å². The van der Waals surface area contributed by atoms with Crippen molar-refractivity contribution in [1.29, 1.82) is 0 Å². The molecular weight excluding hydrogens is 196 g/mol. The number of hydrogen-bond donors (Lipinski definition) is 2. The molecule has 0 fully saturated rings. The van der Waals surface area contributed by atoms with Gasteiger partial charge in [-0.3, -0.25) is 0 Å². The first-order chi connectivity index (χ1) is 6.86. The summed E-state index contributed by atoms with van der Waals surface area (Å²) in [5.41, 5.74) is 2.73. The Labute approximate surface area is 101 Å². The van der Waals surface area contributed by atoms with Crippen molar-refractivity contribution in [2.75, 3.05) is 0 Å². The van der Waals surface area contributed by atoms with E-state index in [1.165, 1.54) is 24.0 Å². The van der Waals surface area contributed by atoms with Gasteiger partial charge in [0.25, 0.3) is 0 Å². The fourth-order valence-electron chi connectivity index (χ4n) is 1.28. The van der Waals surface area contributed by atoms with E-state index in [0.717, 1.165) is 0 Å². The second-order valence-electron chi connectivity index (χ2n) is 2.99. The van der Waals surface area contributed by atoms with E-state index in [4.69, 9.17) is 0 Å². The molecule has 0 aliphatic carbocycles. The second-order valence-corrected chi connectivity index (χ2v) is 2.99. The Kier molecular flexibility index (Phi) is 17.6. The zero-order chi connectivity index (χ0) is 10.8. The van der Waals surface area contributed by atoms with Gasteiger partial charge in [0, 0.05) is 0 Å². The molecule has 0 heterocycles. The molecule has 1 rings (SSSR count). The number of allylic oxidation sites excluding steroid dienone is 1. The Morgan fingerprint density at radius 1 is 1.00 bits per heavy atom. The molecule has 0 aliphatic rings. The predicted molar refractivity (Wildman–Crippen MR) is 76.5 cm³/mol. The molecule has 1 aromatic carbocycles. The Morgan fingerprint density at radius 3 is 1.88 bits per heavy atom. The van der Waals surface area contributed by atoms with Crippen LogP contribution in [0, 0.1) is 0 Å². The highest BCUT2D eigenvalue weighted by Gasteiger charge is 1.89. The van der Waals surface area contributed by atoms with Crippen LogP contribution in [0.4, 0.5) is 0 Å². The van der Waals surface area contributed by atoms with Gasteiger partial charge in [-0.25, -0.2) is 0 Å². The summed E-state index contributed by atoms with van der Waals surface area (Å²) in [6.07, 6.45) is 6.60. The summed E-state index contributed by atoms with van der Waals surface area (Å²) in [5.74, 6) is 0. The summed E-state index contributed by atoms with van der Waals surface area (Å²) >= 11 is 0. The van der Waals surface area contributed by atoms with E-state index in [2.05, 4.69) is 43.3 Å². The Balaban J connectivity index is -0.000000399. The third-order valence-electron chi connectivity index (χ3n) is 1.88. The lowest BCUT2D eigenvalue weighted by Gasteiger charge is -1.98. The van der Waals surface area contributed by atoms with Crippen LogP contribution in [0.15, 0.2) is 30.3 Å². The van der Waals surface area contributed by atoms with Crippen molar-refractivity contribution >= 4 is 6.08 Å². The summed E-state index contributed by atoms with van der Waals surface area (Å²) < 4.78 is 0. The largest absolute Gasteiger partial charge is 0.344 e. The predicted octanol–water partition coefficient (Wildman–Crippen LogP) is 5.02. The number of hydrogen-bond acceptors (Lipinski definition) is 2. The van der Waals surface area contributed by atoms with Crippen LogP contribution in [0.25, 0.3) is 6.08 Å². The monoisotopic (exact) mass is 224 g/mol. The van der Waals surface area contributed by atoms with Gasteiger partial charge in [0.15, 0.2) is 0 Å². The highest BCUT2D eigenvalue weighted by atomic mass is 14.0. The highest BCUT2D eigenvalue weighted by molar-refractivity contribution is 5.49. The molecule has 0 atom stereocenters. The molecule has 6 N–H and O–H groups in total. The van der Waals surface area contributed by atoms with Crippen LogP contribution >= 0.6 is 0 Å². The quantitative estimate of drug-likeness (QED) is 0.756. The van der Waals surface area contributed by atoms with Gasteiger partial charge in [-0.1, -0.05) is 63.6 Å². The first kappa shape index (κ1) is 20.3. The van der Waals surface area contributed by atoms with Gasteiger partial charge in [-0.15, -0.1) is 0 Å². The zero-order valence-electron chi connectivity index (χ0n) is 11.3. The SMILES string of the molecule is C/C=C/c1ccc(CCC)cc1.CC.N.N. The third kappa shape index (κ3) is 8.21. The summed E-state index contributed by atoms with van der Waals surface area (Å²) in [7, 11) is 0. The second kappa shape index (κ2) is 13.9. The van der Waals surface area contributed by atoms with Crippen molar-refractivity contribution in [2.24, 2.45) is 0 Å². The molecule has 16 heavy (non-hydrogen) atoms. The summed E-state index contributed by atoms with van der Waals surface area (Å²) in [4.78, 5) is 0. The van der Waals surface area contributed by atoms with Crippen molar-refractivity contribution in [3.63, 3.8) is 0 Å². The Hall–Kier alpha value is -1.12. The van der Waals surface area contributed by atoms with Crippen LogP contribution in [0.5, 0.6) is 0 Å². The van der Waals surface area contributed by atoms with Gasteiger partial charge in [-0.2, -0.15) is 0 Å². The van der Waals surface area contributed by atoms with Gasteiger partial charge >= 0.3 is 0 Å². The van der Waals surface area contributed by atoms with Crippen LogP contribution in [-0.2, 0) is 6.42 Å². The average Bonchev–Trinajstić information content (AvgIpc) is 2.25. The van der Waals surface area contributed by atoms with Gasteiger partial charge < -0.3 is 12.3 Å². The van der Waals surface area contributed by atoms with Crippen LogP contribution < -0.4 is 12.3 Å². The minimum Gasteiger partial charge on any atom is -0.344 e. The van der Waals surface area contributed by atoms with Crippen LogP contribution in [-0.4, -0.2) is 0 Å². The Morgan fingerprint density at radius 2 is 1.50 bits per heavy atom. The average molecular weight is 224 g/mol. The molecular formula is C14H28N2. The molecule has 94 valence electrons. The van der Waals surface area contributed by atoms with Crippen molar-refractivity contribution in [3.8, 4) is 0 Å². The number of benzene rings is 1. The normalized spacial score (nSPS) is 8.50. The van der Waals surface area contributed by atoms with Crippen molar-refractivity contribution in [3.05, 3.63) is 41.5 Å². The standard InChI is InChI=1S/C12H16.C2H6.2H3N/c1-3-5-11-7-9-12(6-4-2)10-8-11;1-2;;/h3,5,7-10H,4,6H2,1-2H3;1-2H3;2*1H3/b5-3+;;;. The molecule has 2 heteroatoms. The van der Waals surface area contributed by atoms with Gasteiger partial charge in [0.1, 0.15) is 0 Å². The fourth-order valence-corrected chi connectivity index (χ4v) is 1.28. The fraction of sp³-hybridized carbons (Fsp3) is 0.429. The molecule has 1 aromatic rings. The van der Waals surface area contributed by atoms with E-state index in [-0.39, 0.29) is 12.3 Å². The van der Waals surface area contributed by atoms with Gasteiger partial charge in [0.05, 0.1) is 0 Å². The molecule has 2 nitrogen and oxygen atoms in total. The van der Waals surface area contributed by atoms with E-state index in [1.54, 1.807) is 0 Å². The lowest BCUT2D eigenvalue weighted by atomic mass is 10.1. The molecule has 0 radical (unpaired) electrons. The van der Waals surface area contributed by atoms with E-state index in [1.807, 2.05) is 20.8 Å².